The fourth-order valence-corrected chi connectivity index (χ4v) is 1.47. The fraction of sp³-hybridized carbons (Fsp3) is 0.333. The van der Waals surface area contributed by atoms with E-state index in [4.69, 9.17) is 0 Å². The van der Waals surface area contributed by atoms with Crippen molar-refractivity contribution in [2.75, 3.05) is 13.1 Å². The molecule has 1 aromatic carbocycles. The number of hydrogen-bond donors (Lipinski definition) is 0. The number of carboxylic acids is 1. The Morgan fingerprint density at radius 2 is 1.75 bits per heavy atom. The van der Waals surface area contributed by atoms with Crippen molar-refractivity contribution in [3.05, 3.63) is 35.4 Å². The number of nitrogens with zero attached hydrogens (tertiary/aromatic N) is 1. The highest BCUT2D eigenvalue weighted by molar-refractivity contribution is 5.97. The average molecular weight is 220 g/mol. The molecular formula is C12H14NO3-. The maximum Gasteiger partial charge on any atom is 0.253 e. The van der Waals surface area contributed by atoms with Gasteiger partial charge < -0.3 is 14.8 Å². The molecule has 4 heteroatoms. The van der Waals surface area contributed by atoms with Crippen LogP contribution in [0.1, 0.15) is 34.6 Å². The Balaban J connectivity index is 3.00. The lowest BCUT2D eigenvalue weighted by Gasteiger charge is -2.18. The van der Waals surface area contributed by atoms with Crippen LogP contribution in [0.2, 0.25) is 0 Å². The van der Waals surface area contributed by atoms with Gasteiger partial charge in [-0.1, -0.05) is 12.1 Å². The lowest BCUT2D eigenvalue weighted by molar-refractivity contribution is -0.255. The van der Waals surface area contributed by atoms with Crippen molar-refractivity contribution in [2.45, 2.75) is 13.8 Å². The SMILES string of the molecule is CCN(CC)C(=O)c1cccc(C(=O)[O-])c1. The van der Waals surface area contributed by atoms with Gasteiger partial charge in [-0.15, -0.1) is 0 Å². The molecule has 0 saturated carbocycles. The molecule has 0 bridgehead atoms. The number of amides is 1. The summed E-state index contributed by atoms with van der Waals surface area (Å²) >= 11 is 0. The number of aromatic carboxylic acids is 1. The van der Waals surface area contributed by atoms with E-state index < -0.39 is 5.97 Å². The molecule has 1 amide bonds. The smallest absolute Gasteiger partial charge is 0.253 e. The normalized spacial score (nSPS) is 9.88. The van der Waals surface area contributed by atoms with E-state index >= 15 is 0 Å². The first-order valence-electron chi connectivity index (χ1n) is 5.20. The van der Waals surface area contributed by atoms with E-state index in [-0.39, 0.29) is 11.5 Å². The molecule has 4 nitrogen and oxygen atoms in total. The van der Waals surface area contributed by atoms with Gasteiger partial charge in [0.05, 0.1) is 5.97 Å². The molecule has 0 radical (unpaired) electrons. The summed E-state index contributed by atoms with van der Waals surface area (Å²) in [6, 6.07) is 5.90. The Morgan fingerprint density at radius 1 is 1.19 bits per heavy atom. The molecule has 0 N–H and O–H groups in total. The first kappa shape index (κ1) is 12.2. The topological polar surface area (TPSA) is 60.4 Å². The number of carbonyl (C=O) groups excluding carboxylic acids is 2. The molecule has 86 valence electrons. The van der Waals surface area contributed by atoms with E-state index in [0.717, 1.165) is 0 Å². The predicted octanol–water partition coefficient (Wildman–Crippen LogP) is 0.532. The van der Waals surface area contributed by atoms with Crippen LogP contribution in [-0.2, 0) is 0 Å². The van der Waals surface area contributed by atoms with E-state index in [1.165, 1.54) is 12.1 Å². The van der Waals surface area contributed by atoms with Gasteiger partial charge >= 0.3 is 0 Å². The quantitative estimate of drug-likeness (QED) is 0.743. The van der Waals surface area contributed by atoms with Crippen molar-refractivity contribution in [1.82, 2.24) is 4.90 Å². The minimum absolute atomic E-state index is 0.0259. The van der Waals surface area contributed by atoms with Gasteiger partial charge in [-0.3, -0.25) is 4.79 Å². The van der Waals surface area contributed by atoms with Crippen molar-refractivity contribution in [1.29, 1.82) is 0 Å². The summed E-state index contributed by atoms with van der Waals surface area (Å²) in [5, 5.41) is 10.6. The minimum Gasteiger partial charge on any atom is -0.545 e. The van der Waals surface area contributed by atoms with Crippen LogP contribution < -0.4 is 5.11 Å². The number of carbonyl (C=O) groups is 2. The highest BCUT2D eigenvalue weighted by atomic mass is 16.4. The van der Waals surface area contributed by atoms with Gasteiger partial charge in [0.2, 0.25) is 0 Å². The maximum absolute atomic E-state index is 11.9. The van der Waals surface area contributed by atoms with Crippen molar-refractivity contribution < 1.29 is 14.7 Å². The number of benzene rings is 1. The summed E-state index contributed by atoms with van der Waals surface area (Å²) in [6.45, 7) is 4.96. The summed E-state index contributed by atoms with van der Waals surface area (Å²) < 4.78 is 0. The molecule has 1 rings (SSSR count). The third-order valence-corrected chi connectivity index (χ3v) is 2.40. The summed E-state index contributed by atoms with van der Waals surface area (Å²) in [4.78, 5) is 24.2. The predicted molar refractivity (Wildman–Crippen MR) is 58.0 cm³/mol. The summed E-state index contributed by atoms with van der Waals surface area (Å²) in [5.41, 5.74) is 0.406. The first-order chi connectivity index (χ1) is 7.60. The zero-order valence-corrected chi connectivity index (χ0v) is 9.40. The summed E-state index contributed by atoms with van der Waals surface area (Å²) in [5.74, 6) is -1.43. The van der Waals surface area contributed by atoms with Gasteiger partial charge in [0.25, 0.3) is 5.91 Å². The molecule has 16 heavy (non-hydrogen) atoms. The molecule has 0 atom stereocenters. The van der Waals surface area contributed by atoms with Crippen molar-refractivity contribution in [2.24, 2.45) is 0 Å². The van der Waals surface area contributed by atoms with Crippen LogP contribution >= 0.6 is 0 Å². The summed E-state index contributed by atoms with van der Waals surface area (Å²) in [6.07, 6.45) is 0. The Bertz CT molecular complexity index is 397. The van der Waals surface area contributed by atoms with Crippen LogP contribution in [0.5, 0.6) is 0 Å². The van der Waals surface area contributed by atoms with E-state index in [0.29, 0.717) is 18.7 Å². The number of hydrogen-bond acceptors (Lipinski definition) is 3. The first-order valence-corrected chi connectivity index (χ1v) is 5.20. The third kappa shape index (κ3) is 2.59. The van der Waals surface area contributed by atoms with Crippen molar-refractivity contribution >= 4 is 11.9 Å². The second kappa shape index (κ2) is 5.30. The average Bonchev–Trinajstić information content (AvgIpc) is 2.30. The third-order valence-electron chi connectivity index (χ3n) is 2.40. The Morgan fingerprint density at radius 3 is 2.25 bits per heavy atom. The molecular weight excluding hydrogens is 206 g/mol. The van der Waals surface area contributed by atoms with Gasteiger partial charge in [-0.05, 0) is 31.5 Å². The standard InChI is InChI=1S/C12H15NO3/c1-3-13(4-2)11(14)9-6-5-7-10(8-9)12(15)16/h5-8H,3-4H2,1-2H3,(H,15,16)/p-1. The Labute approximate surface area is 94.5 Å². The lowest BCUT2D eigenvalue weighted by Crippen LogP contribution is -2.31. The minimum atomic E-state index is -1.27. The molecule has 0 heterocycles. The van der Waals surface area contributed by atoms with Gasteiger partial charge in [-0.25, -0.2) is 0 Å². The van der Waals surface area contributed by atoms with Crippen LogP contribution in [0, 0.1) is 0 Å². The highest BCUT2D eigenvalue weighted by Crippen LogP contribution is 2.08. The van der Waals surface area contributed by atoms with Crippen molar-refractivity contribution in [3.63, 3.8) is 0 Å². The van der Waals surface area contributed by atoms with Gasteiger partial charge in [0.15, 0.2) is 0 Å². The maximum atomic E-state index is 11.9. The van der Waals surface area contributed by atoms with Crippen LogP contribution in [0.3, 0.4) is 0 Å². The van der Waals surface area contributed by atoms with E-state index in [1.807, 2.05) is 13.8 Å². The molecule has 0 aliphatic carbocycles. The monoisotopic (exact) mass is 220 g/mol. The van der Waals surface area contributed by atoms with Gasteiger partial charge in [0, 0.05) is 18.7 Å². The van der Waals surface area contributed by atoms with E-state index in [2.05, 4.69) is 0 Å². The van der Waals surface area contributed by atoms with Crippen LogP contribution in [0.15, 0.2) is 24.3 Å². The van der Waals surface area contributed by atoms with Crippen LogP contribution in [-0.4, -0.2) is 29.9 Å². The molecule has 0 aliphatic rings. The Hall–Kier alpha value is -1.84. The van der Waals surface area contributed by atoms with Crippen LogP contribution in [0.4, 0.5) is 0 Å². The molecule has 1 aromatic rings. The number of rotatable bonds is 4. The zero-order valence-electron chi connectivity index (χ0n) is 9.40. The lowest BCUT2D eigenvalue weighted by atomic mass is 10.1. The second-order valence-electron chi connectivity index (χ2n) is 3.35. The van der Waals surface area contributed by atoms with Crippen molar-refractivity contribution in [3.8, 4) is 0 Å². The molecule has 0 saturated heterocycles. The highest BCUT2D eigenvalue weighted by Gasteiger charge is 2.12. The second-order valence-corrected chi connectivity index (χ2v) is 3.35. The van der Waals surface area contributed by atoms with E-state index in [9.17, 15) is 14.7 Å². The van der Waals surface area contributed by atoms with Gasteiger partial charge in [0.1, 0.15) is 0 Å². The molecule has 0 aliphatic heterocycles. The van der Waals surface area contributed by atoms with E-state index in [1.54, 1.807) is 17.0 Å². The molecule has 0 aromatic heterocycles. The van der Waals surface area contributed by atoms with Gasteiger partial charge in [-0.2, -0.15) is 0 Å². The molecule has 0 fully saturated rings. The molecule has 0 unspecified atom stereocenters. The Kier molecular flexibility index (Phi) is 4.05. The zero-order chi connectivity index (χ0) is 12.1. The fourth-order valence-electron chi connectivity index (χ4n) is 1.47. The summed E-state index contributed by atoms with van der Waals surface area (Å²) in [7, 11) is 0. The molecule has 0 spiro atoms. The number of carboxylic acid groups (broad SMARTS) is 1. The van der Waals surface area contributed by atoms with Crippen LogP contribution in [0.25, 0.3) is 0 Å². The largest absolute Gasteiger partial charge is 0.545 e.